The van der Waals surface area contributed by atoms with Gasteiger partial charge in [0.15, 0.2) is 6.61 Å². The Bertz CT molecular complexity index is 538. The van der Waals surface area contributed by atoms with Crippen LogP contribution in [0.3, 0.4) is 0 Å². The van der Waals surface area contributed by atoms with Crippen LogP contribution in [0.2, 0.25) is 0 Å². The van der Waals surface area contributed by atoms with Crippen LogP contribution in [0.5, 0.6) is 5.75 Å². The van der Waals surface area contributed by atoms with Crippen LogP contribution in [0.1, 0.15) is 37.8 Å². The molecule has 2 N–H and O–H groups in total. The molecule has 0 saturated carbocycles. The second kappa shape index (κ2) is 7.11. The minimum atomic E-state index is -0.117. The molecule has 0 fully saturated rings. The summed E-state index contributed by atoms with van der Waals surface area (Å²) in [5.41, 5.74) is 2.63. The number of ether oxygens (including phenoxy) is 1. The van der Waals surface area contributed by atoms with Crippen LogP contribution >= 0.6 is 0 Å². The SMILES string of the molecule is CC(C)CNC(=O)COc1cccc2c1CCCC2=NO. The van der Waals surface area contributed by atoms with E-state index in [9.17, 15) is 4.79 Å². The Morgan fingerprint density at radius 3 is 2.95 bits per heavy atom. The molecule has 1 aromatic carbocycles. The predicted octanol–water partition coefficient (Wildman–Crippen LogP) is 2.35. The molecule has 0 atom stereocenters. The van der Waals surface area contributed by atoms with Gasteiger partial charge in [-0.25, -0.2) is 0 Å². The Kier molecular flexibility index (Phi) is 5.20. The lowest BCUT2D eigenvalue weighted by molar-refractivity contribution is -0.123. The number of hydrogen-bond acceptors (Lipinski definition) is 4. The fraction of sp³-hybridized carbons (Fsp3) is 0.500. The molecule has 0 unspecified atom stereocenters. The highest BCUT2D eigenvalue weighted by molar-refractivity contribution is 6.02. The average Bonchev–Trinajstić information content (AvgIpc) is 2.50. The number of benzene rings is 1. The summed E-state index contributed by atoms with van der Waals surface area (Å²) in [4.78, 5) is 11.7. The molecule has 5 nitrogen and oxygen atoms in total. The second-order valence-corrected chi connectivity index (χ2v) is 5.67. The standard InChI is InChI=1S/C16H22N2O3/c1-11(2)9-17-16(19)10-21-15-8-4-5-12-13(15)6-3-7-14(12)18-20/h4-5,8,11,20H,3,6-7,9-10H2,1-2H3,(H,17,19). The summed E-state index contributed by atoms with van der Waals surface area (Å²) in [7, 11) is 0. The van der Waals surface area contributed by atoms with Gasteiger partial charge in [-0.15, -0.1) is 0 Å². The number of nitrogens with zero attached hydrogens (tertiary/aromatic N) is 1. The second-order valence-electron chi connectivity index (χ2n) is 5.67. The highest BCUT2D eigenvalue weighted by Gasteiger charge is 2.19. The van der Waals surface area contributed by atoms with Crippen molar-refractivity contribution in [1.29, 1.82) is 0 Å². The molecular formula is C16H22N2O3. The van der Waals surface area contributed by atoms with Gasteiger partial charge in [-0.05, 0) is 31.2 Å². The highest BCUT2D eigenvalue weighted by Crippen LogP contribution is 2.29. The third-order valence-corrected chi connectivity index (χ3v) is 3.47. The number of hydrogen-bond donors (Lipinski definition) is 2. The van der Waals surface area contributed by atoms with Crippen molar-refractivity contribution >= 4 is 11.6 Å². The third kappa shape index (κ3) is 3.97. The predicted molar refractivity (Wildman–Crippen MR) is 81.0 cm³/mol. The summed E-state index contributed by atoms with van der Waals surface area (Å²) in [5.74, 6) is 1.00. The summed E-state index contributed by atoms with van der Waals surface area (Å²) >= 11 is 0. The summed E-state index contributed by atoms with van der Waals surface area (Å²) in [6, 6.07) is 5.64. The molecule has 5 heteroatoms. The van der Waals surface area contributed by atoms with E-state index in [-0.39, 0.29) is 12.5 Å². The van der Waals surface area contributed by atoms with Crippen LogP contribution in [0, 0.1) is 5.92 Å². The van der Waals surface area contributed by atoms with E-state index in [0.717, 1.165) is 30.4 Å². The number of carbonyl (C=O) groups excluding carboxylic acids is 1. The number of fused-ring (bicyclic) bond motifs is 1. The first-order valence-corrected chi connectivity index (χ1v) is 7.34. The monoisotopic (exact) mass is 290 g/mol. The summed E-state index contributed by atoms with van der Waals surface area (Å²) in [6.07, 6.45) is 2.56. The van der Waals surface area contributed by atoms with E-state index >= 15 is 0 Å². The minimum absolute atomic E-state index is 0.00870. The van der Waals surface area contributed by atoms with Crippen LogP contribution in [-0.4, -0.2) is 30.0 Å². The average molecular weight is 290 g/mol. The molecule has 0 heterocycles. The van der Waals surface area contributed by atoms with Crippen molar-refractivity contribution in [3.05, 3.63) is 29.3 Å². The zero-order valence-corrected chi connectivity index (χ0v) is 12.6. The fourth-order valence-electron chi connectivity index (χ4n) is 2.41. The van der Waals surface area contributed by atoms with Gasteiger partial charge < -0.3 is 15.3 Å². The lowest BCUT2D eigenvalue weighted by Crippen LogP contribution is -2.32. The summed E-state index contributed by atoms with van der Waals surface area (Å²) in [6.45, 7) is 4.75. The zero-order valence-electron chi connectivity index (χ0n) is 12.6. The summed E-state index contributed by atoms with van der Waals surface area (Å²) < 4.78 is 5.64. The maximum atomic E-state index is 11.7. The number of rotatable bonds is 5. The van der Waals surface area contributed by atoms with Gasteiger partial charge in [-0.1, -0.05) is 31.1 Å². The molecule has 1 aromatic rings. The van der Waals surface area contributed by atoms with Crippen molar-refractivity contribution in [2.75, 3.05) is 13.2 Å². The molecule has 0 bridgehead atoms. The highest BCUT2D eigenvalue weighted by atomic mass is 16.5. The maximum absolute atomic E-state index is 11.7. The molecule has 0 aliphatic heterocycles. The Hall–Kier alpha value is -2.04. The molecular weight excluding hydrogens is 268 g/mol. The topological polar surface area (TPSA) is 70.9 Å². The number of amides is 1. The van der Waals surface area contributed by atoms with Crippen molar-refractivity contribution < 1.29 is 14.7 Å². The summed E-state index contributed by atoms with van der Waals surface area (Å²) in [5, 5.41) is 15.2. The van der Waals surface area contributed by atoms with E-state index in [1.54, 1.807) is 0 Å². The van der Waals surface area contributed by atoms with Crippen molar-refractivity contribution in [3.63, 3.8) is 0 Å². The lowest BCUT2D eigenvalue weighted by Gasteiger charge is -2.20. The molecule has 1 aliphatic carbocycles. The maximum Gasteiger partial charge on any atom is 0.257 e. The minimum Gasteiger partial charge on any atom is -0.483 e. The Morgan fingerprint density at radius 1 is 1.43 bits per heavy atom. The van der Waals surface area contributed by atoms with E-state index in [0.29, 0.717) is 23.9 Å². The molecule has 2 rings (SSSR count). The fourth-order valence-corrected chi connectivity index (χ4v) is 2.41. The van der Waals surface area contributed by atoms with Gasteiger partial charge in [0.05, 0.1) is 5.71 Å². The van der Waals surface area contributed by atoms with E-state index in [1.807, 2.05) is 32.0 Å². The van der Waals surface area contributed by atoms with Crippen LogP contribution in [0.25, 0.3) is 0 Å². The molecule has 1 aliphatic rings. The van der Waals surface area contributed by atoms with Gasteiger partial charge in [-0.3, -0.25) is 4.79 Å². The molecule has 21 heavy (non-hydrogen) atoms. The van der Waals surface area contributed by atoms with Gasteiger partial charge >= 0.3 is 0 Å². The van der Waals surface area contributed by atoms with Gasteiger partial charge in [-0.2, -0.15) is 0 Å². The molecule has 1 amide bonds. The van der Waals surface area contributed by atoms with Gasteiger partial charge in [0.25, 0.3) is 5.91 Å². The number of oxime groups is 1. The molecule has 0 aromatic heterocycles. The van der Waals surface area contributed by atoms with Crippen LogP contribution in [-0.2, 0) is 11.2 Å². The Balaban J connectivity index is 2.03. The molecule has 0 radical (unpaired) electrons. The van der Waals surface area contributed by atoms with Crippen LogP contribution in [0.4, 0.5) is 0 Å². The number of carbonyl (C=O) groups is 1. The Morgan fingerprint density at radius 2 is 2.24 bits per heavy atom. The van der Waals surface area contributed by atoms with Crippen LogP contribution < -0.4 is 10.1 Å². The normalized spacial score (nSPS) is 15.9. The van der Waals surface area contributed by atoms with Crippen molar-refractivity contribution in [1.82, 2.24) is 5.32 Å². The van der Waals surface area contributed by atoms with Gasteiger partial charge in [0, 0.05) is 17.7 Å². The quantitative estimate of drug-likeness (QED) is 0.646. The van der Waals surface area contributed by atoms with E-state index in [4.69, 9.17) is 9.94 Å². The third-order valence-electron chi connectivity index (χ3n) is 3.47. The lowest BCUT2D eigenvalue weighted by atomic mass is 9.89. The molecule has 0 saturated heterocycles. The Labute approximate surface area is 125 Å². The zero-order chi connectivity index (χ0) is 15.2. The first kappa shape index (κ1) is 15.4. The van der Waals surface area contributed by atoms with Gasteiger partial charge in [0.1, 0.15) is 5.75 Å². The molecule has 0 spiro atoms. The van der Waals surface area contributed by atoms with E-state index < -0.39 is 0 Å². The largest absolute Gasteiger partial charge is 0.483 e. The van der Waals surface area contributed by atoms with Crippen molar-refractivity contribution in [2.45, 2.75) is 33.1 Å². The van der Waals surface area contributed by atoms with E-state index in [2.05, 4.69) is 10.5 Å². The van der Waals surface area contributed by atoms with Crippen LogP contribution in [0.15, 0.2) is 23.4 Å². The van der Waals surface area contributed by atoms with E-state index in [1.165, 1.54) is 0 Å². The van der Waals surface area contributed by atoms with Gasteiger partial charge in [0.2, 0.25) is 0 Å². The van der Waals surface area contributed by atoms with Crippen molar-refractivity contribution in [2.24, 2.45) is 11.1 Å². The first-order valence-electron chi connectivity index (χ1n) is 7.34. The first-order chi connectivity index (χ1) is 10.1. The molecule has 114 valence electrons. The number of nitrogens with one attached hydrogen (secondary N) is 1. The van der Waals surface area contributed by atoms with Crippen molar-refractivity contribution in [3.8, 4) is 5.75 Å². The smallest absolute Gasteiger partial charge is 0.257 e.